The maximum Gasteiger partial charge on any atom is 0.410 e. The van der Waals surface area contributed by atoms with Gasteiger partial charge in [-0.05, 0) is 59.9 Å². The molecule has 2 atom stereocenters. The van der Waals surface area contributed by atoms with Crippen LogP contribution < -0.4 is 5.32 Å². The fraction of sp³-hybridized carbons (Fsp3) is 0.900. The van der Waals surface area contributed by atoms with E-state index in [0.29, 0.717) is 32.1 Å². The van der Waals surface area contributed by atoms with Crippen LogP contribution in [0.25, 0.3) is 0 Å². The molecule has 2 aliphatic heterocycles. The smallest absolute Gasteiger partial charge is 0.410 e. The second-order valence-electron chi connectivity index (χ2n) is 9.06. The van der Waals surface area contributed by atoms with E-state index in [-0.39, 0.29) is 12.0 Å². The van der Waals surface area contributed by atoms with Gasteiger partial charge in [0.2, 0.25) is 5.91 Å². The molecular formula is C20H37N3O3. The number of hydrogen-bond acceptors (Lipinski definition) is 4. The van der Waals surface area contributed by atoms with Gasteiger partial charge in [0.15, 0.2) is 0 Å². The number of ether oxygens (including phenoxy) is 1. The molecule has 2 aliphatic rings. The van der Waals surface area contributed by atoms with Gasteiger partial charge in [0, 0.05) is 32.2 Å². The molecule has 0 radical (unpaired) electrons. The molecule has 2 saturated heterocycles. The van der Waals surface area contributed by atoms with Crippen molar-refractivity contribution in [1.82, 2.24) is 15.1 Å². The Morgan fingerprint density at radius 2 is 1.96 bits per heavy atom. The molecular weight excluding hydrogens is 330 g/mol. The zero-order valence-corrected chi connectivity index (χ0v) is 17.3. The molecule has 2 heterocycles. The van der Waals surface area contributed by atoms with E-state index in [9.17, 15) is 9.59 Å². The first-order chi connectivity index (χ1) is 12.1. The summed E-state index contributed by atoms with van der Waals surface area (Å²) in [6.45, 7) is 13.5. The summed E-state index contributed by atoms with van der Waals surface area (Å²) in [4.78, 5) is 29.1. The quantitative estimate of drug-likeness (QED) is 0.811. The molecule has 6 nitrogen and oxygen atoms in total. The summed E-state index contributed by atoms with van der Waals surface area (Å²) in [7, 11) is 0. The number of hydrogen-bond donors (Lipinski definition) is 1. The highest BCUT2D eigenvalue weighted by Gasteiger charge is 2.43. The normalized spacial score (nSPS) is 27.4. The highest BCUT2D eigenvalue weighted by molar-refractivity contribution is 5.84. The Labute approximate surface area is 158 Å². The van der Waals surface area contributed by atoms with E-state index >= 15 is 0 Å². The average molecular weight is 368 g/mol. The molecule has 6 heteroatoms. The Morgan fingerprint density at radius 1 is 1.23 bits per heavy atom. The predicted molar refractivity (Wildman–Crippen MR) is 103 cm³/mol. The number of piperidine rings is 1. The fourth-order valence-corrected chi connectivity index (χ4v) is 3.97. The van der Waals surface area contributed by atoms with Crippen LogP contribution >= 0.6 is 0 Å². The molecule has 0 aromatic carbocycles. The predicted octanol–water partition coefficient (Wildman–Crippen LogP) is 3.01. The lowest BCUT2D eigenvalue weighted by Gasteiger charge is -2.35. The molecule has 0 bridgehead atoms. The molecule has 0 saturated carbocycles. The van der Waals surface area contributed by atoms with Crippen molar-refractivity contribution in [2.24, 2.45) is 5.41 Å². The summed E-state index contributed by atoms with van der Waals surface area (Å²) in [5, 5.41) is 3.11. The van der Waals surface area contributed by atoms with Crippen molar-refractivity contribution in [3.05, 3.63) is 0 Å². The summed E-state index contributed by atoms with van der Waals surface area (Å²) < 4.78 is 5.43. The van der Waals surface area contributed by atoms with Crippen molar-refractivity contribution in [3.63, 3.8) is 0 Å². The maximum absolute atomic E-state index is 12.7. The number of amides is 2. The average Bonchev–Trinajstić information content (AvgIpc) is 2.97. The van der Waals surface area contributed by atoms with Gasteiger partial charge in [-0.25, -0.2) is 4.79 Å². The Balaban J connectivity index is 1.79. The molecule has 0 unspecified atom stereocenters. The van der Waals surface area contributed by atoms with Crippen LogP contribution in [0.4, 0.5) is 4.79 Å². The molecule has 0 aromatic heterocycles. The maximum atomic E-state index is 12.7. The topological polar surface area (TPSA) is 61.9 Å². The Kier molecular flexibility index (Phi) is 6.94. The highest BCUT2D eigenvalue weighted by Crippen LogP contribution is 2.31. The summed E-state index contributed by atoms with van der Waals surface area (Å²) in [5.41, 5.74) is -1.04. The second-order valence-corrected chi connectivity index (χ2v) is 9.06. The third-order valence-electron chi connectivity index (χ3n) is 5.58. The molecule has 2 rings (SSSR count). The van der Waals surface area contributed by atoms with Gasteiger partial charge in [-0.3, -0.25) is 9.69 Å². The molecule has 0 aliphatic carbocycles. The summed E-state index contributed by atoms with van der Waals surface area (Å²) >= 11 is 0. The third kappa shape index (κ3) is 5.60. The van der Waals surface area contributed by atoms with E-state index in [2.05, 4.69) is 17.1 Å². The van der Waals surface area contributed by atoms with Crippen molar-refractivity contribution >= 4 is 12.0 Å². The molecule has 2 fully saturated rings. The van der Waals surface area contributed by atoms with Crippen LogP contribution in [0.2, 0.25) is 0 Å². The monoisotopic (exact) mass is 367 g/mol. The molecule has 26 heavy (non-hydrogen) atoms. The van der Waals surface area contributed by atoms with Gasteiger partial charge in [-0.15, -0.1) is 0 Å². The van der Waals surface area contributed by atoms with Gasteiger partial charge in [0.1, 0.15) is 5.60 Å². The molecule has 2 amide bonds. The summed E-state index contributed by atoms with van der Waals surface area (Å²) in [6.07, 6.45) is 5.38. The van der Waals surface area contributed by atoms with E-state index in [1.54, 1.807) is 4.90 Å². The minimum atomic E-state index is -0.525. The lowest BCUT2D eigenvalue weighted by atomic mass is 9.89. The Hall–Kier alpha value is -1.30. The second kappa shape index (κ2) is 8.59. The first-order valence-electron chi connectivity index (χ1n) is 10.1. The molecule has 1 N–H and O–H groups in total. The first kappa shape index (κ1) is 21.0. The van der Waals surface area contributed by atoms with Crippen molar-refractivity contribution in [3.8, 4) is 0 Å². The van der Waals surface area contributed by atoms with E-state index < -0.39 is 11.0 Å². The van der Waals surface area contributed by atoms with Crippen molar-refractivity contribution in [2.75, 3.05) is 32.7 Å². The Bertz CT molecular complexity index is 503. The zero-order valence-electron chi connectivity index (χ0n) is 17.3. The van der Waals surface area contributed by atoms with E-state index in [1.165, 1.54) is 25.7 Å². The summed E-state index contributed by atoms with van der Waals surface area (Å²) in [6, 6.07) is 0.658. The lowest BCUT2D eigenvalue weighted by Crippen LogP contribution is -2.47. The van der Waals surface area contributed by atoms with Gasteiger partial charge in [0.05, 0.1) is 5.41 Å². The van der Waals surface area contributed by atoms with Crippen LogP contribution in [0.1, 0.15) is 66.7 Å². The van der Waals surface area contributed by atoms with Crippen LogP contribution in [-0.2, 0) is 9.53 Å². The van der Waals surface area contributed by atoms with E-state index in [4.69, 9.17) is 4.74 Å². The van der Waals surface area contributed by atoms with Crippen molar-refractivity contribution < 1.29 is 14.3 Å². The minimum absolute atomic E-state index is 0.0496. The first-order valence-corrected chi connectivity index (χ1v) is 10.1. The highest BCUT2D eigenvalue weighted by atomic mass is 16.6. The lowest BCUT2D eigenvalue weighted by molar-refractivity contribution is -0.129. The number of nitrogens with zero attached hydrogens (tertiary/aromatic N) is 2. The van der Waals surface area contributed by atoms with Crippen molar-refractivity contribution in [2.45, 2.75) is 78.4 Å². The fourth-order valence-electron chi connectivity index (χ4n) is 3.97. The largest absolute Gasteiger partial charge is 0.444 e. The standard InChI is InChI=1S/C20H37N3O3/c1-6-16-9-7-8-12-22(16)14-11-21-17(24)20(5)10-13-23(15-20)18(25)26-19(2,3)4/h16H,6-15H2,1-5H3,(H,21,24)/t16-,20+/m0/s1. The van der Waals surface area contributed by atoms with Gasteiger partial charge >= 0.3 is 6.09 Å². The number of likely N-dealkylation sites (tertiary alicyclic amines) is 2. The number of rotatable bonds is 5. The SMILES string of the molecule is CC[C@H]1CCCCN1CCNC(=O)[C@]1(C)CCN(C(=O)OC(C)(C)C)C1. The van der Waals surface area contributed by atoms with Crippen LogP contribution in [0.5, 0.6) is 0 Å². The number of carbonyl (C=O) groups excluding carboxylic acids is 2. The minimum Gasteiger partial charge on any atom is -0.444 e. The van der Waals surface area contributed by atoms with Crippen LogP contribution in [0.3, 0.4) is 0 Å². The van der Waals surface area contributed by atoms with Gasteiger partial charge in [-0.1, -0.05) is 13.3 Å². The molecule has 150 valence electrons. The summed E-state index contributed by atoms with van der Waals surface area (Å²) in [5.74, 6) is 0.0496. The Morgan fingerprint density at radius 3 is 2.62 bits per heavy atom. The number of carbonyl (C=O) groups is 2. The third-order valence-corrected chi connectivity index (χ3v) is 5.58. The van der Waals surface area contributed by atoms with Gasteiger partial charge < -0.3 is 15.0 Å². The number of nitrogens with one attached hydrogen (secondary N) is 1. The molecule has 0 aromatic rings. The van der Waals surface area contributed by atoms with Gasteiger partial charge in [0.25, 0.3) is 0 Å². The van der Waals surface area contributed by atoms with Crippen molar-refractivity contribution in [1.29, 1.82) is 0 Å². The van der Waals surface area contributed by atoms with E-state index in [1.807, 2.05) is 27.7 Å². The van der Waals surface area contributed by atoms with Crippen LogP contribution in [0.15, 0.2) is 0 Å². The zero-order chi connectivity index (χ0) is 19.4. The van der Waals surface area contributed by atoms with Crippen LogP contribution in [-0.4, -0.2) is 66.2 Å². The molecule has 0 spiro atoms. The van der Waals surface area contributed by atoms with Gasteiger partial charge in [-0.2, -0.15) is 0 Å². The van der Waals surface area contributed by atoms with Crippen LogP contribution in [0, 0.1) is 5.41 Å². The van der Waals surface area contributed by atoms with E-state index in [0.717, 1.165) is 13.1 Å².